The summed E-state index contributed by atoms with van der Waals surface area (Å²) in [5.74, 6) is 1.38. The number of hydrogen-bond acceptors (Lipinski definition) is 4. The summed E-state index contributed by atoms with van der Waals surface area (Å²) in [6.45, 7) is 5.88. The van der Waals surface area contributed by atoms with Gasteiger partial charge in [0.2, 0.25) is 0 Å². The number of anilines is 2. The van der Waals surface area contributed by atoms with Gasteiger partial charge in [0.05, 0.1) is 6.61 Å². The first-order chi connectivity index (χ1) is 7.27. The molecule has 0 saturated carbocycles. The van der Waals surface area contributed by atoms with Crippen LogP contribution in [0.1, 0.15) is 0 Å². The van der Waals surface area contributed by atoms with E-state index < -0.39 is 0 Å². The van der Waals surface area contributed by atoms with E-state index in [1.807, 2.05) is 18.2 Å². The molecule has 0 saturated heterocycles. The van der Waals surface area contributed by atoms with Crippen LogP contribution in [0, 0.1) is 0 Å². The Bertz CT molecular complexity index is 314. The van der Waals surface area contributed by atoms with Crippen LogP contribution in [0.25, 0.3) is 0 Å². The topological polar surface area (TPSA) is 51.4 Å². The van der Waals surface area contributed by atoms with Gasteiger partial charge in [0, 0.05) is 20.2 Å². The molecule has 0 radical (unpaired) electrons. The predicted octanol–water partition coefficient (Wildman–Crippen LogP) is 1.30. The highest BCUT2D eigenvalue weighted by Gasteiger charge is 2.05. The van der Waals surface area contributed by atoms with E-state index in [2.05, 4.69) is 16.5 Å². The molecule has 1 aromatic rings. The number of rotatable bonds is 6. The lowest BCUT2D eigenvalue weighted by molar-refractivity contribution is 0.205. The van der Waals surface area contributed by atoms with Crippen molar-refractivity contribution in [3.63, 3.8) is 0 Å². The van der Waals surface area contributed by atoms with Gasteiger partial charge in [-0.25, -0.2) is 4.98 Å². The van der Waals surface area contributed by atoms with E-state index in [-0.39, 0.29) is 0 Å². The van der Waals surface area contributed by atoms with Gasteiger partial charge in [0.15, 0.2) is 0 Å². The quantitative estimate of drug-likeness (QED) is 0.714. The van der Waals surface area contributed by atoms with Gasteiger partial charge in [0.1, 0.15) is 11.6 Å². The summed E-state index contributed by atoms with van der Waals surface area (Å²) in [5, 5.41) is 0. The molecular formula is C11H17N3O. The average Bonchev–Trinajstić information content (AvgIpc) is 2.24. The molecule has 4 heteroatoms. The Hall–Kier alpha value is -1.55. The van der Waals surface area contributed by atoms with Crippen molar-refractivity contribution in [3.8, 4) is 0 Å². The summed E-state index contributed by atoms with van der Waals surface area (Å²) in [5.41, 5.74) is 5.63. The second-order valence-corrected chi connectivity index (χ2v) is 3.15. The lowest BCUT2D eigenvalue weighted by atomic mass is 10.4. The lowest BCUT2D eigenvalue weighted by Crippen LogP contribution is -2.28. The molecule has 0 unspecified atom stereocenters. The maximum atomic E-state index is 5.63. The van der Waals surface area contributed by atoms with Crippen LogP contribution < -0.4 is 10.6 Å². The Labute approximate surface area is 90.4 Å². The fourth-order valence-corrected chi connectivity index (χ4v) is 1.27. The van der Waals surface area contributed by atoms with Crippen LogP contribution in [-0.4, -0.2) is 31.8 Å². The maximum absolute atomic E-state index is 5.63. The van der Waals surface area contributed by atoms with Gasteiger partial charge in [-0.05, 0) is 12.1 Å². The Morgan fingerprint density at radius 3 is 3.00 bits per heavy atom. The van der Waals surface area contributed by atoms with Crippen LogP contribution in [0.3, 0.4) is 0 Å². The summed E-state index contributed by atoms with van der Waals surface area (Å²) in [6, 6.07) is 5.59. The number of nitrogen functional groups attached to an aromatic ring is 1. The monoisotopic (exact) mass is 207 g/mol. The van der Waals surface area contributed by atoms with Crippen molar-refractivity contribution >= 4 is 11.6 Å². The fraction of sp³-hybridized carbons (Fsp3) is 0.364. The SMILES string of the molecule is C=CCN(CCOC)c1cccc(N)n1. The van der Waals surface area contributed by atoms with Crippen molar-refractivity contribution in [2.45, 2.75) is 0 Å². The number of ether oxygens (including phenoxy) is 1. The standard InChI is InChI=1S/C11H17N3O/c1-3-7-14(8-9-15-2)11-6-4-5-10(12)13-11/h3-6H,1,7-9H2,2H3,(H2,12,13). The fourth-order valence-electron chi connectivity index (χ4n) is 1.27. The molecule has 1 heterocycles. The zero-order valence-corrected chi connectivity index (χ0v) is 9.02. The molecule has 0 bridgehead atoms. The Morgan fingerprint density at radius 1 is 1.60 bits per heavy atom. The highest BCUT2D eigenvalue weighted by atomic mass is 16.5. The molecular weight excluding hydrogens is 190 g/mol. The van der Waals surface area contributed by atoms with E-state index in [4.69, 9.17) is 10.5 Å². The number of nitrogens with two attached hydrogens (primary N) is 1. The number of methoxy groups -OCH3 is 1. The smallest absolute Gasteiger partial charge is 0.131 e. The van der Waals surface area contributed by atoms with Crippen molar-refractivity contribution in [2.24, 2.45) is 0 Å². The second-order valence-electron chi connectivity index (χ2n) is 3.15. The number of aromatic nitrogens is 1. The third-order valence-electron chi connectivity index (χ3n) is 1.99. The molecule has 0 atom stereocenters. The van der Waals surface area contributed by atoms with Crippen LogP contribution in [0.5, 0.6) is 0 Å². The van der Waals surface area contributed by atoms with E-state index in [0.29, 0.717) is 12.4 Å². The van der Waals surface area contributed by atoms with Gasteiger partial charge in [-0.1, -0.05) is 12.1 Å². The number of pyridine rings is 1. The molecule has 1 aromatic heterocycles. The summed E-state index contributed by atoms with van der Waals surface area (Å²) in [7, 11) is 1.68. The van der Waals surface area contributed by atoms with Gasteiger partial charge >= 0.3 is 0 Å². The van der Waals surface area contributed by atoms with Crippen LogP contribution in [0.15, 0.2) is 30.9 Å². The predicted molar refractivity (Wildman–Crippen MR) is 62.9 cm³/mol. The van der Waals surface area contributed by atoms with Crippen molar-refractivity contribution in [1.29, 1.82) is 0 Å². The number of nitrogens with zero attached hydrogens (tertiary/aromatic N) is 2. The largest absolute Gasteiger partial charge is 0.384 e. The molecule has 2 N–H and O–H groups in total. The van der Waals surface area contributed by atoms with Gasteiger partial charge in [-0.2, -0.15) is 0 Å². The van der Waals surface area contributed by atoms with Crippen molar-refractivity contribution in [1.82, 2.24) is 4.98 Å². The zero-order valence-electron chi connectivity index (χ0n) is 9.02. The third kappa shape index (κ3) is 3.59. The first-order valence-electron chi connectivity index (χ1n) is 4.85. The van der Waals surface area contributed by atoms with Crippen LogP contribution >= 0.6 is 0 Å². The first-order valence-corrected chi connectivity index (χ1v) is 4.85. The summed E-state index contributed by atoms with van der Waals surface area (Å²) in [4.78, 5) is 6.31. The minimum atomic E-state index is 0.527. The average molecular weight is 207 g/mol. The van der Waals surface area contributed by atoms with E-state index in [1.54, 1.807) is 13.2 Å². The molecule has 1 rings (SSSR count). The highest BCUT2D eigenvalue weighted by molar-refractivity contribution is 5.45. The molecule has 0 aromatic carbocycles. The Kier molecular flexibility index (Phi) is 4.63. The van der Waals surface area contributed by atoms with E-state index in [1.165, 1.54) is 0 Å². The Balaban J connectivity index is 2.73. The van der Waals surface area contributed by atoms with Gasteiger partial charge < -0.3 is 15.4 Å². The van der Waals surface area contributed by atoms with E-state index in [0.717, 1.165) is 18.9 Å². The normalized spacial score (nSPS) is 9.93. The molecule has 0 spiro atoms. The van der Waals surface area contributed by atoms with Crippen molar-refractivity contribution < 1.29 is 4.74 Å². The molecule has 82 valence electrons. The lowest BCUT2D eigenvalue weighted by Gasteiger charge is -2.21. The highest BCUT2D eigenvalue weighted by Crippen LogP contribution is 2.11. The molecule has 15 heavy (non-hydrogen) atoms. The summed E-state index contributed by atoms with van der Waals surface area (Å²) >= 11 is 0. The van der Waals surface area contributed by atoms with Gasteiger partial charge in [-0.15, -0.1) is 6.58 Å². The summed E-state index contributed by atoms with van der Waals surface area (Å²) < 4.78 is 5.04. The van der Waals surface area contributed by atoms with Crippen molar-refractivity contribution in [2.75, 3.05) is 37.4 Å². The van der Waals surface area contributed by atoms with Gasteiger partial charge in [-0.3, -0.25) is 0 Å². The molecule has 0 fully saturated rings. The van der Waals surface area contributed by atoms with Gasteiger partial charge in [0.25, 0.3) is 0 Å². The summed E-state index contributed by atoms with van der Waals surface area (Å²) in [6.07, 6.45) is 1.83. The molecule has 0 aliphatic heterocycles. The molecule has 0 aliphatic carbocycles. The first kappa shape index (κ1) is 11.5. The Morgan fingerprint density at radius 2 is 2.40 bits per heavy atom. The number of hydrogen-bond donors (Lipinski definition) is 1. The van der Waals surface area contributed by atoms with E-state index in [9.17, 15) is 0 Å². The van der Waals surface area contributed by atoms with Crippen molar-refractivity contribution in [3.05, 3.63) is 30.9 Å². The van der Waals surface area contributed by atoms with Crippen LogP contribution in [0.4, 0.5) is 11.6 Å². The second kappa shape index (κ2) is 6.03. The van der Waals surface area contributed by atoms with E-state index >= 15 is 0 Å². The van der Waals surface area contributed by atoms with Crippen LogP contribution in [-0.2, 0) is 4.74 Å². The minimum absolute atomic E-state index is 0.527. The molecule has 0 amide bonds. The molecule has 0 aliphatic rings. The zero-order chi connectivity index (χ0) is 11.1. The molecule has 4 nitrogen and oxygen atoms in total. The minimum Gasteiger partial charge on any atom is -0.384 e. The van der Waals surface area contributed by atoms with Crippen LogP contribution in [0.2, 0.25) is 0 Å². The maximum Gasteiger partial charge on any atom is 0.131 e. The third-order valence-corrected chi connectivity index (χ3v) is 1.99.